The van der Waals surface area contributed by atoms with Crippen LogP contribution >= 0.6 is 0 Å². The zero-order valence-electron chi connectivity index (χ0n) is 13.4. The summed E-state index contributed by atoms with van der Waals surface area (Å²) in [6.45, 7) is 0. The largest absolute Gasteiger partial charge is 0.416 e. The van der Waals surface area contributed by atoms with Crippen molar-refractivity contribution in [3.05, 3.63) is 67.1 Å². The van der Waals surface area contributed by atoms with Gasteiger partial charge < -0.3 is 8.94 Å². The summed E-state index contributed by atoms with van der Waals surface area (Å²) in [6, 6.07) is 15.4. The van der Waals surface area contributed by atoms with Gasteiger partial charge in [-0.3, -0.25) is 4.98 Å². The van der Waals surface area contributed by atoms with Crippen molar-refractivity contribution in [3.63, 3.8) is 0 Å². The zero-order valence-corrected chi connectivity index (χ0v) is 13.4. The van der Waals surface area contributed by atoms with E-state index in [1.807, 2.05) is 48.5 Å². The molecule has 4 heterocycles. The molecule has 0 aliphatic heterocycles. The van der Waals surface area contributed by atoms with Gasteiger partial charge in [0, 0.05) is 24.2 Å². The van der Waals surface area contributed by atoms with E-state index in [4.69, 9.17) is 8.94 Å². The maximum Gasteiger partial charge on any atom is 0.258 e. The van der Waals surface area contributed by atoms with Crippen LogP contribution in [0.1, 0.15) is 0 Å². The number of benzene rings is 1. The highest BCUT2D eigenvalue weighted by atomic mass is 16.5. The number of fused-ring (bicyclic) bond motifs is 1. The highest BCUT2D eigenvalue weighted by molar-refractivity contribution is 5.91. The molecule has 0 fully saturated rings. The molecule has 0 N–H and O–H groups in total. The molecule has 124 valence electrons. The van der Waals surface area contributed by atoms with Crippen LogP contribution in [0.4, 0.5) is 0 Å². The first-order valence-corrected chi connectivity index (χ1v) is 7.93. The average molecular weight is 341 g/mol. The molecule has 0 saturated heterocycles. The molecular formula is C19H11N5O2. The lowest BCUT2D eigenvalue weighted by Gasteiger charge is -1.97. The minimum absolute atomic E-state index is 0.374. The van der Waals surface area contributed by atoms with Crippen molar-refractivity contribution >= 4 is 11.1 Å². The van der Waals surface area contributed by atoms with Crippen molar-refractivity contribution in [2.45, 2.75) is 0 Å². The normalized spacial score (nSPS) is 11.1. The molecule has 0 aliphatic rings. The Morgan fingerprint density at radius 1 is 0.769 bits per heavy atom. The van der Waals surface area contributed by atoms with E-state index >= 15 is 0 Å². The molecule has 26 heavy (non-hydrogen) atoms. The van der Waals surface area contributed by atoms with Gasteiger partial charge in [0.25, 0.3) is 5.71 Å². The molecule has 0 amide bonds. The van der Waals surface area contributed by atoms with Crippen LogP contribution in [-0.2, 0) is 0 Å². The maximum atomic E-state index is 5.77. The van der Waals surface area contributed by atoms with E-state index in [0.29, 0.717) is 23.1 Å². The van der Waals surface area contributed by atoms with Gasteiger partial charge in [0.2, 0.25) is 11.8 Å². The molecule has 0 radical (unpaired) electrons. The summed E-state index contributed by atoms with van der Waals surface area (Å²) >= 11 is 0. The van der Waals surface area contributed by atoms with Crippen molar-refractivity contribution in [3.8, 4) is 34.2 Å². The second-order valence-electron chi connectivity index (χ2n) is 5.63. The maximum absolute atomic E-state index is 5.77. The summed E-state index contributed by atoms with van der Waals surface area (Å²) in [5.41, 5.74) is 3.59. The zero-order chi connectivity index (χ0) is 17.3. The summed E-state index contributed by atoms with van der Waals surface area (Å²) in [5, 5.41) is 13.1. The Morgan fingerprint density at radius 3 is 2.38 bits per heavy atom. The monoisotopic (exact) mass is 341 g/mol. The van der Waals surface area contributed by atoms with E-state index in [9.17, 15) is 0 Å². The van der Waals surface area contributed by atoms with Gasteiger partial charge in [0.15, 0.2) is 0 Å². The fourth-order valence-electron chi connectivity index (χ4n) is 2.70. The van der Waals surface area contributed by atoms with Gasteiger partial charge in [-0.15, -0.1) is 10.2 Å². The third kappa shape index (κ3) is 2.42. The standard InChI is InChI=1S/C19H11N5O2/c1-2-5-12(6-3-1)16-15-9-14(11-21-19(15)26-24-16)18-23-22-17(25-18)13-7-4-8-20-10-13/h1-11H. The molecule has 0 atom stereocenters. The Hall–Kier alpha value is -3.87. The van der Waals surface area contributed by atoms with Crippen LogP contribution in [0.2, 0.25) is 0 Å². The summed E-state index contributed by atoms with van der Waals surface area (Å²) in [4.78, 5) is 8.38. The van der Waals surface area contributed by atoms with Crippen molar-refractivity contribution in [2.75, 3.05) is 0 Å². The molecule has 0 spiro atoms. The van der Waals surface area contributed by atoms with Crippen molar-refractivity contribution in [2.24, 2.45) is 0 Å². The van der Waals surface area contributed by atoms with Gasteiger partial charge in [-0.05, 0) is 18.2 Å². The molecule has 5 aromatic rings. The Balaban J connectivity index is 1.59. The Bertz CT molecular complexity index is 1180. The lowest BCUT2D eigenvalue weighted by atomic mass is 10.1. The van der Waals surface area contributed by atoms with Crippen LogP contribution in [0.15, 0.2) is 76.1 Å². The van der Waals surface area contributed by atoms with Crippen LogP contribution in [0, 0.1) is 0 Å². The molecule has 7 nitrogen and oxygen atoms in total. The smallest absolute Gasteiger partial charge is 0.258 e. The van der Waals surface area contributed by atoms with Crippen LogP contribution in [-0.4, -0.2) is 25.3 Å². The number of aromatic nitrogens is 5. The molecule has 7 heteroatoms. The molecule has 0 aliphatic carbocycles. The van der Waals surface area contributed by atoms with Crippen molar-refractivity contribution in [1.82, 2.24) is 25.3 Å². The van der Waals surface area contributed by atoms with Gasteiger partial charge in [-0.2, -0.15) is 0 Å². The topological polar surface area (TPSA) is 90.7 Å². The minimum Gasteiger partial charge on any atom is -0.416 e. The predicted octanol–water partition coefficient (Wildman–Crippen LogP) is 4.00. The first kappa shape index (κ1) is 14.5. The number of hydrogen-bond donors (Lipinski definition) is 0. The molecular weight excluding hydrogens is 330 g/mol. The second-order valence-corrected chi connectivity index (χ2v) is 5.63. The van der Waals surface area contributed by atoms with Crippen LogP contribution in [0.25, 0.3) is 45.3 Å². The summed E-state index contributed by atoms with van der Waals surface area (Å²) < 4.78 is 11.1. The minimum atomic E-state index is 0.374. The van der Waals surface area contributed by atoms with Crippen molar-refractivity contribution in [1.29, 1.82) is 0 Å². The van der Waals surface area contributed by atoms with E-state index < -0.39 is 0 Å². The van der Waals surface area contributed by atoms with Crippen molar-refractivity contribution < 1.29 is 8.94 Å². The van der Waals surface area contributed by atoms with E-state index in [1.165, 1.54) is 0 Å². The molecule has 5 rings (SSSR count). The van der Waals surface area contributed by atoms with E-state index in [-0.39, 0.29) is 0 Å². The first-order valence-electron chi connectivity index (χ1n) is 7.93. The quantitative estimate of drug-likeness (QED) is 0.490. The number of rotatable bonds is 3. The first-order chi connectivity index (χ1) is 12.9. The van der Waals surface area contributed by atoms with Crippen LogP contribution in [0.3, 0.4) is 0 Å². The van der Waals surface area contributed by atoms with Gasteiger partial charge in [0.05, 0.1) is 16.5 Å². The average Bonchev–Trinajstić information content (AvgIpc) is 3.36. The number of pyridine rings is 2. The van der Waals surface area contributed by atoms with E-state index in [1.54, 1.807) is 18.6 Å². The second kappa shape index (κ2) is 5.89. The molecule has 0 unspecified atom stereocenters. The lowest BCUT2D eigenvalue weighted by molar-refractivity contribution is 0.451. The molecule has 0 saturated carbocycles. The summed E-state index contributed by atoms with van der Waals surface area (Å²) in [6.07, 6.45) is 4.99. The fraction of sp³-hybridized carbons (Fsp3) is 0. The van der Waals surface area contributed by atoms with Gasteiger partial charge in [-0.1, -0.05) is 35.5 Å². The molecule has 0 bridgehead atoms. The summed E-state index contributed by atoms with van der Waals surface area (Å²) in [5.74, 6) is 0.778. The van der Waals surface area contributed by atoms with Gasteiger partial charge in [0.1, 0.15) is 5.69 Å². The SMILES string of the molecule is c1ccc(-c2noc3ncc(-c4nnc(-c5cccnc5)o4)cc23)cc1. The van der Waals surface area contributed by atoms with E-state index in [0.717, 1.165) is 22.2 Å². The third-order valence-corrected chi connectivity index (χ3v) is 3.96. The Kier molecular flexibility index (Phi) is 3.28. The van der Waals surface area contributed by atoms with Gasteiger partial charge in [-0.25, -0.2) is 4.98 Å². The highest BCUT2D eigenvalue weighted by Gasteiger charge is 2.16. The highest BCUT2D eigenvalue weighted by Crippen LogP contribution is 2.30. The Morgan fingerprint density at radius 2 is 1.58 bits per heavy atom. The predicted molar refractivity (Wildman–Crippen MR) is 93.8 cm³/mol. The molecule has 1 aromatic carbocycles. The van der Waals surface area contributed by atoms with E-state index in [2.05, 4.69) is 25.3 Å². The summed E-state index contributed by atoms with van der Waals surface area (Å²) in [7, 11) is 0. The number of hydrogen-bond acceptors (Lipinski definition) is 7. The lowest BCUT2D eigenvalue weighted by Crippen LogP contribution is -1.82. The fourth-order valence-corrected chi connectivity index (χ4v) is 2.70. The number of nitrogens with zero attached hydrogens (tertiary/aromatic N) is 5. The van der Waals surface area contributed by atoms with Crippen LogP contribution < -0.4 is 0 Å². The molecule has 4 aromatic heterocycles. The van der Waals surface area contributed by atoms with Gasteiger partial charge >= 0.3 is 0 Å². The van der Waals surface area contributed by atoms with Crippen LogP contribution in [0.5, 0.6) is 0 Å². The Labute approximate surface area is 147 Å². The third-order valence-electron chi connectivity index (χ3n) is 3.96.